The molecule has 0 amide bonds. The van der Waals surface area contributed by atoms with Gasteiger partial charge in [0.25, 0.3) is 0 Å². The lowest BCUT2D eigenvalue weighted by atomic mass is 10.1. The Morgan fingerprint density at radius 3 is 1.27 bits per heavy atom. The summed E-state index contributed by atoms with van der Waals surface area (Å²) in [5.74, 6) is 1.63. The molecular weight excluding hydrogens is 184 g/mol. The molecule has 0 aromatic carbocycles. The Morgan fingerprint density at radius 2 is 1.00 bits per heavy atom. The molecule has 2 nitrogen and oxygen atoms in total. The van der Waals surface area contributed by atoms with Crippen LogP contribution in [0.25, 0.3) is 0 Å². The molecule has 0 aliphatic rings. The zero-order chi connectivity index (χ0) is 10.8. The van der Waals surface area contributed by atoms with Crippen molar-refractivity contribution in [1.82, 2.24) is 10.6 Å². The molecule has 15 heavy (non-hydrogen) atoms. The number of hydrogen-bond donors (Lipinski definition) is 2. The predicted octanol–water partition coefficient (Wildman–Crippen LogP) is 2.89. The highest BCUT2D eigenvalue weighted by Gasteiger charge is 1.94. The molecule has 0 saturated heterocycles. The normalized spacial score (nSPS) is 10.8. The second-order valence-electron chi connectivity index (χ2n) is 4.87. The van der Waals surface area contributed by atoms with Gasteiger partial charge in [-0.05, 0) is 37.8 Å². The molecule has 2 N–H and O–H groups in total. The van der Waals surface area contributed by atoms with E-state index >= 15 is 0 Å². The third-order valence-electron chi connectivity index (χ3n) is 2.28. The summed E-state index contributed by atoms with van der Waals surface area (Å²) in [5, 5.41) is 6.88. The van der Waals surface area contributed by atoms with Crippen LogP contribution in [0.5, 0.6) is 0 Å². The smallest absolute Gasteiger partial charge is 0.00767 e. The fourth-order valence-electron chi connectivity index (χ4n) is 1.21. The van der Waals surface area contributed by atoms with Gasteiger partial charge in [0.05, 0.1) is 0 Å². The third kappa shape index (κ3) is 16.6. The van der Waals surface area contributed by atoms with Crippen LogP contribution in [-0.4, -0.2) is 26.2 Å². The van der Waals surface area contributed by atoms with E-state index in [1.54, 1.807) is 0 Å². The van der Waals surface area contributed by atoms with Crippen LogP contribution in [0, 0.1) is 11.8 Å². The summed E-state index contributed by atoms with van der Waals surface area (Å²) in [6.07, 6.45) is 2.57. The summed E-state index contributed by atoms with van der Waals surface area (Å²) in [7, 11) is 0. The van der Waals surface area contributed by atoms with Gasteiger partial charge in [-0.25, -0.2) is 0 Å². The quantitative estimate of drug-likeness (QED) is 0.579. The first-order valence-corrected chi connectivity index (χ1v) is 6.04. The second kappa shape index (κ2) is 12.0. The molecule has 0 spiro atoms. The van der Waals surface area contributed by atoms with Gasteiger partial charge in [0.1, 0.15) is 0 Å². The van der Waals surface area contributed by atoms with Crippen LogP contribution in [0.15, 0.2) is 0 Å². The second-order valence-corrected chi connectivity index (χ2v) is 4.87. The zero-order valence-corrected chi connectivity index (χ0v) is 10.4. The molecule has 0 atom stereocenters. The van der Waals surface area contributed by atoms with Gasteiger partial charge < -0.3 is 10.6 Å². The minimum absolute atomic E-state index is 0. The molecule has 0 aliphatic heterocycles. The van der Waals surface area contributed by atoms with E-state index < -0.39 is 0 Å². The number of hydrogen-bond acceptors (Lipinski definition) is 2. The van der Waals surface area contributed by atoms with Crippen molar-refractivity contribution in [3.63, 3.8) is 0 Å². The maximum absolute atomic E-state index is 3.44. The number of nitrogens with one attached hydrogen (secondary N) is 2. The molecule has 94 valence electrons. The molecule has 0 radical (unpaired) electrons. The van der Waals surface area contributed by atoms with Gasteiger partial charge in [-0.2, -0.15) is 0 Å². The lowest BCUT2D eigenvalue weighted by Gasteiger charge is -2.08. The van der Waals surface area contributed by atoms with Crippen LogP contribution < -0.4 is 10.6 Å². The molecule has 0 saturated carbocycles. The summed E-state index contributed by atoms with van der Waals surface area (Å²) in [6.45, 7) is 13.6. The monoisotopic (exact) mass is 216 g/mol. The van der Waals surface area contributed by atoms with Crippen molar-refractivity contribution >= 4 is 0 Å². The van der Waals surface area contributed by atoms with Gasteiger partial charge in [-0.15, -0.1) is 0 Å². The molecule has 0 heterocycles. The lowest BCUT2D eigenvalue weighted by Crippen LogP contribution is -2.29. The van der Waals surface area contributed by atoms with Crippen LogP contribution >= 0.6 is 0 Å². The van der Waals surface area contributed by atoms with E-state index in [1.807, 2.05) is 0 Å². The standard InChI is InChI=1S/C12H28N2.CH4/c1-11(2)5-7-13-9-10-14-8-6-12(3)4;/h11-14H,5-10H2,1-4H3;1H4. The first-order chi connectivity index (χ1) is 6.63. The Kier molecular flexibility index (Phi) is 13.8. The van der Waals surface area contributed by atoms with Crippen LogP contribution in [0.3, 0.4) is 0 Å². The van der Waals surface area contributed by atoms with Gasteiger partial charge in [0.2, 0.25) is 0 Å². The maximum atomic E-state index is 3.44. The molecular formula is C13H32N2. The predicted molar refractivity (Wildman–Crippen MR) is 71.4 cm³/mol. The van der Waals surface area contributed by atoms with Crippen molar-refractivity contribution < 1.29 is 0 Å². The van der Waals surface area contributed by atoms with Crippen molar-refractivity contribution in [2.75, 3.05) is 26.2 Å². The Labute approximate surface area is 97.2 Å². The van der Waals surface area contributed by atoms with Crippen LogP contribution in [0.1, 0.15) is 48.0 Å². The van der Waals surface area contributed by atoms with E-state index in [0.29, 0.717) is 0 Å². The van der Waals surface area contributed by atoms with Crippen molar-refractivity contribution in [3.05, 3.63) is 0 Å². The average Bonchev–Trinajstić information content (AvgIpc) is 2.08. The zero-order valence-electron chi connectivity index (χ0n) is 10.4. The minimum atomic E-state index is 0. The van der Waals surface area contributed by atoms with E-state index in [9.17, 15) is 0 Å². The van der Waals surface area contributed by atoms with Crippen LogP contribution in [-0.2, 0) is 0 Å². The van der Waals surface area contributed by atoms with Gasteiger partial charge in [0.15, 0.2) is 0 Å². The molecule has 0 aromatic heterocycles. The van der Waals surface area contributed by atoms with E-state index in [4.69, 9.17) is 0 Å². The highest BCUT2D eigenvalue weighted by atomic mass is 14.9. The first kappa shape index (κ1) is 17.3. The highest BCUT2D eigenvalue weighted by Crippen LogP contribution is 1.96. The highest BCUT2D eigenvalue weighted by molar-refractivity contribution is 4.55. The van der Waals surface area contributed by atoms with Gasteiger partial charge in [0, 0.05) is 13.1 Å². The largest absolute Gasteiger partial charge is 0.315 e. The van der Waals surface area contributed by atoms with Crippen LogP contribution in [0.2, 0.25) is 0 Å². The van der Waals surface area contributed by atoms with Gasteiger partial charge in [-0.1, -0.05) is 35.1 Å². The molecule has 0 aromatic rings. The maximum Gasteiger partial charge on any atom is 0.00767 e. The average molecular weight is 216 g/mol. The van der Waals surface area contributed by atoms with Crippen molar-refractivity contribution in [3.8, 4) is 0 Å². The number of rotatable bonds is 9. The lowest BCUT2D eigenvalue weighted by molar-refractivity contribution is 0.507. The molecule has 2 heteroatoms. The summed E-state index contributed by atoms with van der Waals surface area (Å²) in [5.41, 5.74) is 0. The summed E-state index contributed by atoms with van der Waals surface area (Å²) in [6, 6.07) is 0. The molecule has 0 bridgehead atoms. The molecule has 0 rings (SSSR count). The summed E-state index contributed by atoms with van der Waals surface area (Å²) < 4.78 is 0. The summed E-state index contributed by atoms with van der Waals surface area (Å²) >= 11 is 0. The Balaban J connectivity index is 0. The minimum Gasteiger partial charge on any atom is -0.315 e. The molecule has 0 unspecified atom stereocenters. The van der Waals surface area contributed by atoms with Gasteiger partial charge >= 0.3 is 0 Å². The summed E-state index contributed by atoms with van der Waals surface area (Å²) in [4.78, 5) is 0. The Hall–Kier alpha value is -0.0800. The van der Waals surface area contributed by atoms with E-state index in [2.05, 4.69) is 38.3 Å². The van der Waals surface area contributed by atoms with E-state index in [-0.39, 0.29) is 7.43 Å². The van der Waals surface area contributed by atoms with Crippen molar-refractivity contribution in [2.24, 2.45) is 11.8 Å². The van der Waals surface area contributed by atoms with Crippen molar-refractivity contribution in [1.29, 1.82) is 0 Å². The topological polar surface area (TPSA) is 24.1 Å². The Morgan fingerprint density at radius 1 is 0.667 bits per heavy atom. The van der Waals surface area contributed by atoms with E-state index in [1.165, 1.54) is 12.8 Å². The van der Waals surface area contributed by atoms with Crippen molar-refractivity contribution in [2.45, 2.75) is 48.0 Å². The first-order valence-electron chi connectivity index (χ1n) is 6.04. The van der Waals surface area contributed by atoms with E-state index in [0.717, 1.165) is 38.0 Å². The third-order valence-corrected chi connectivity index (χ3v) is 2.28. The van der Waals surface area contributed by atoms with Crippen LogP contribution in [0.4, 0.5) is 0 Å². The Bertz CT molecular complexity index is 97.1. The molecule has 0 fully saturated rings. The van der Waals surface area contributed by atoms with Gasteiger partial charge in [-0.3, -0.25) is 0 Å². The fraction of sp³-hybridized carbons (Fsp3) is 1.00. The fourth-order valence-corrected chi connectivity index (χ4v) is 1.21. The molecule has 0 aliphatic carbocycles. The SMILES string of the molecule is C.CC(C)CCNCCNCCC(C)C.